The Kier molecular flexibility index (Phi) is 9.50. The summed E-state index contributed by atoms with van der Waals surface area (Å²) in [5.74, 6) is -1.14. The molecule has 1 aliphatic heterocycles. The highest BCUT2D eigenvalue weighted by molar-refractivity contribution is 7.12. The molecule has 1 fully saturated rings. The quantitative estimate of drug-likeness (QED) is 0.374. The van der Waals surface area contributed by atoms with E-state index in [1.54, 1.807) is 35.7 Å². The zero-order chi connectivity index (χ0) is 27.8. The van der Waals surface area contributed by atoms with Crippen LogP contribution in [0.4, 0.5) is 10.1 Å². The number of halogens is 1. The Labute approximate surface area is 229 Å². The van der Waals surface area contributed by atoms with Gasteiger partial charge in [-0.2, -0.15) is 0 Å². The molecular weight excluding hydrogens is 525 g/mol. The van der Waals surface area contributed by atoms with Gasteiger partial charge in [-0.3, -0.25) is 19.3 Å². The first-order valence-electron chi connectivity index (χ1n) is 12.4. The van der Waals surface area contributed by atoms with E-state index < -0.39 is 36.1 Å². The number of carbonyl (C=O) groups is 3. The lowest BCUT2D eigenvalue weighted by Crippen LogP contribution is -2.48. The maximum absolute atomic E-state index is 13.8. The van der Waals surface area contributed by atoms with Crippen molar-refractivity contribution in [3.63, 3.8) is 0 Å². The lowest BCUT2D eigenvalue weighted by Gasteiger charge is -2.32. The van der Waals surface area contributed by atoms with Crippen molar-refractivity contribution < 1.29 is 33.0 Å². The molecule has 1 aliphatic rings. The molecule has 3 amide bonds. The number of ether oxygens (including phenoxy) is 3. The third-order valence-electron chi connectivity index (χ3n) is 6.28. The Balaban J connectivity index is 1.70. The van der Waals surface area contributed by atoms with Gasteiger partial charge in [0.15, 0.2) is 11.5 Å². The fraction of sp³-hybridized carbons (Fsp3) is 0.321. The van der Waals surface area contributed by atoms with Crippen molar-refractivity contribution in [2.75, 3.05) is 38.8 Å². The molecule has 4 rings (SSSR count). The van der Waals surface area contributed by atoms with Gasteiger partial charge < -0.3 is 24.8 Å². The molecule has 0 saturated carbocycles. The van der Waals surface area contributed by atoms with Crippen molar-refractivity contribution in [3.8, 4) is 11.5 Å². The number of carbonyl (C=O) groups excluding carboxylic acids is 3. The molecule has 9 nitrogen and oxygen atoms in total. The number of thiophene rings is 1. The summed E-state index contributed by atoms with van der Waals surface area (Å²) in [6, 6.07) is 12.3. The van der Waals surface area contributed by atoms with Gasteiger partial charge in [0.2, 0.25) is 11.8 Å². The standard InChI is InChI=1S/C28H30FN3O6S/c1-36-22-12-7-18(15-23(22)37-2)26(28(35)30-16-21-5-3-13-38-21)32(20-10-8-19(29)9-11-20)25(33)17-31-27(34)24-6-4-14-39-24/h4,6-12,14-15,21,26H,3,5,13,16-17H2,1-2H3,(H,30,35)(H,31,34). The minimum absolute atomic E-state index is 0.125. The monoisotopic (exact) mass is 555 g/mol. The van der Waals surface area contributed by atoms with Crippen molar-refractivity contribution in [2.45, 2.75) is 25.0 Å². The van der Waals surface area contributed by atoms with Gasteiger partial charge in [0.05, 0.1) is 31.7 Å². The van der Waals surface area contributed by atoms with E-state index in [0.717, 1.165) is 12.8 Å². The van der Waals surface area contributed by atoms with Crippen LogP contribution in [0, 0.1) is 5.82 Å². The van der Waals surface area contributed by atoms with Gasteiger partial charge in [0, 0.05) is 18.8 Å². The molecule has 1 aromatic heterocycles. The van der Waals surface area contributed by atoms with Crippen LogP contribution in [-0.2, 0) is 14.3 Å². The second-order valence-electron chi connectivity index (χ2n) is 8.80. The van der Waals surface area contributed by atoms with Crippen LogP contribution >= 0.6 is 11.3 Å². The number of benzene rings is 2. The van der Waals surface area contributed by atoms with E-state index in [2.05, 4.69) is 10.6 Å². The molecule has 0 spiro atoms. The van der Waals surface area contributed by atoms with E-state index in [9.17, 15) is 18.8 Å². The van der Waals surface area contributed by atoms with Gasteiger partial charge in [-0.1, -0.05) is 12.1 Å². The number of methoxy groups -OCH3 is 2. The number of rotatable bonds is 11. The topological polar surface area (TPSA) is 106 Å². The van der Waals surface area contributed by atoms with Crippen LogP contribution in [0.3, 0.4) is 0 Å². The number of nitrogens with zero attached hydrogens (tertiary/aromatic N) is 1. The SMILES string of the molecule is COc1ccc(C(C(=O)NCC2CCCO2)N(C(=O)CNC(=O)c2cccs2)c2ccc(F)cc2)cc1OC. The number of amides is 3. The van der Waals surface area contributed by atoms with Gasteiger partial charge in [-0.25, -0.2) is 4.39 Å². The highest BCUT2D eigenvalue weighted by atomic mass is 32.1. The Morgan fingerprint density at radius 3 is 2.49 bits per heavy atom. The fourth-order valence-corrected chi connectivity index (χ4v) is 4.97. The molecule has 206 valence electrons. The van der Waals surface area contributed by atoms with Gasteiger partial charge in [0.1, 0.15) is 11.9 Å². The first kappa shape index (κ1) is 28.1. The van der Waals surface area contributed by atoms with Crippen molar-refractivity contribution in [3.05, 3.63) is 76.2 Å². The third-order valence-corrected chi connectivity index (χ3v) is 7.15. The minimum Gasteiger partial charge on any atom is -0.493 e. The summed E-state index contributed by atoms with van der Waals surface area (Å²) in [6.07, 6.45) is 1.60. The molecule has 3 aromatic rings. The molecule has 11 heteroatoms. The van der Waals surface area contributed by atoms with Crippen LogP contribution in [0.2, 0.25) is 0 Å². The van der Waals surface area contributed by atoms with Gasteiger partial charge in [-0.15, -0.1) is 11.3 Å². The third kappa shape index (κ3) is 6.92. The van der Waals surface area contributed by atoms with Crippen LogP contribution in [-0.4, -0.2) is 57.7 Å². The Hall–Kier alpha value is -3.96. The molecule has 0 bridgehead atoms. The summed E-state index contributed by atoms with van der Waals surface area (Å²) in [5, 5.41) is 7.28. The van der Waals surface area contributed by atoms with E-state index in [0.29, 0.717) is 28.5 Å². The van der Waals surface area contributed by atoms with Gasteiger partial charge in [-0.05, 0) is 66.2 Å². The van der Waals surface area contributed by atoms with Crippen LogP contribution in [0.1, 0.15) is 34.1 Å². The molecule has 0 radical (unpaired) electrons. The first-order valence-corrected chi connectivity index (χ1v) is 13.3. The lowest BCUT2D eigenvalue weighted by molar-refractivity contribution is -0.126. The predicted octanol–water partition coefficient (Wildman–Crippen LogP) is 3.70. The molecule has 2 unspecified atom stereocenters. The van der Waals surface area contributed by atoms with Crippen molar-refractivity contribution in [2.24, 2.45) is 0 Å². The fourth-order valence-electron chi connectivity index (χ4n) is 4.33. The highest BCUT2D eigenvalue weighted by Gasteiger charge is 2.34. The Bertz CT molecular complexity index is 1280. The maximum Gasteiger partial charge on any atom is 0.261 e. The van der Waals surface area contributed by atoms with E-state index in [1.807, 2.05) is 0 Å². The van der Waals surface area contributed by atoms with Crippen molar-refractivity contribution >= 4 is 34.7 Å². The van der Waals surface area contributed by atoms with Gasteiger partial charge in [0.25, 0.3) is 5.91 Å². The smallest absolute Gasteiger partial charge is 0.261 e. The second kappa shape index (κ2) is 13.2. The number of nitrogens with one attached hydrogen (secondary N) is 2. The van der Waals surface area contributed by atoms with Crippen LogP contribution < -0.4 is 25.0 Å². The van der Waals surface area contributed by atoms with E-state index in [-0.39, 0.29) is 18.3 Å². The molecule has 0 aliphatic carbocycles. The predicted molar refractivity (Wildman–Crippen MR) is 145 cm³/mol. The Morgan fingerprint density at radius 2 is 1.85 bits per heavy atom. The maximum atomic E-state index is 13.8. The molecule has 1 saturated heterocycles. The van der Waals surface area contributed by atoms with Gasteiger partial charge >= 0.3 is 0 Å². The number of hydrogen-bond donors (Lipinski definition) is 2. The zero-order valence-corrected chi connectivity index (χ0v) is 22.5. The summed E-state index contributed by atoms with van der Waals surface area (Å²) in [5.41, 5.74) is 0.707. The number of anilines is 1. The highest BCUT2D eigenvalue weighted by Crippen LogP contribution is 2.34. The summed E-state index contributed by atoms with van der Waals surface area (Å²) in [6.45, 7) is 0.504. The average Bonchev–Trinajstić information content (AvgIpc) is 3.68. The first-order chi connectivity index (χ1) is 18.9. The van der Waals surface area contributed by atoms with Crippen molar-refractivity contribution in [1.82, 2.24) is 10.6 Å². The lowest BCUT2D eigenvalue weighted by atomic mass is 10.0. The average molecular weight is 556 g/mol. The molecule has 2 N–H and O–H groups in total. The molecule has 2 atom stereocenters. The van der Waals surface area contributed by atoms with Crippen molar-refractivity contribution in [1.29, 1.82) is 0 Å². The summed E-state index contributed by atoms with van der Waals surface area (Å²) in [7, 11) is 2.96. The van der Waals surface area contributed by atoms with Crippen LogP contribution in [0.15, 0.2) is 60.0 Å². The normalized spacial score (nSPS) is 15.3. The second-order valence-corrected chi connectivity index (χ2v) is 9.74. The summed E-state index contributed by atoms with van der Waals surface area (Å²) < 4.78 is 30.3. The minimum atomic E-state index is -1.18. The summed E-state index contributed by atoms with van der Waals surface area (Å²) in [4.78, 5) is 41.7. The largest absolute Gasteiger partial charge is 0.493 e. The van der Waals surface area contributed by atoms with E-state index in [1.165, 1.54) is 54.7 Å². The summed E-state index contributed by atoms with van der Waals surface area (Å²) >= 11 is 1.24. The Morgan fingerprint density at radius 1 is 1.08 bits per heavy atom. The molecule has 39 heavy (non-hydrogen) atoms. The van der Waals surface area contributed by atoms with Crippen LogP contribution in [0.25, 0.3) is 0 Å². The van der Waals surface area contributed by atoms with E-state index >= 15 is 0 Å². The molecular formula is C28H30FN3O6S. The van der Waals surface area contributed by atoms with E-state index in [4.69, 9.17) is 14.2 Å². The molecule has 2 aromatic carbocycles. The zero-order valence-electron chi connectivity index (χ0n) is 21.6. The molecule has 2 heterocycles. The van der Waals surface area contributed by atoms with Crippen LogP contribution in [0.5, 0.6) is 11.5 Å². The number of hydrogen-bond acceptors (Lipinski definition) is 7.